The second-order valence-electron chi connectivity index (χ2n) is 8.20. The van der Waals surface area contributed by atoms with Crippen molar-refractivity contribution in [2.45, 2.75) is 69.2 Å². The summed E-state index contributed by atoms with van der Waals surface area (Å²) in [7, 11) is 0. The molecule has 0 saturated carbocycles. The van der Waals surface area contributed by atoms with Crippen molar-refractivity contribution >= 4 is 5.78 Å². The first-order chi connectivity index (χ1) is 6.65. The zero-order valence-corrected chi connectivity index (χ0v) is 12.9. The molecule has 0 aliphatic carbocycles. The van der Waals surface area contributed by atoms with E-state index >= 15 is 0 Å². The highest BCUT2D eigenvalue weighted by Crippen LogP contribution is 2.54. The van der Waals surface area contributed by atoms with Gasteiger partial charge in [0.1, 0.15) is 5.78 Å². The Hall–Kier alpha value is -0.330. The molecule has 0 N–H and O–H groups in total. The highest BCUT2D eigenvalue weighted by atomic mass is 16.1. The monoisotopic (exact) mass is 226 g/mol. The van der Waals surface area contributed by atoms with Gasteiger partial charge in [0.25, 0.3) is 0 Å². The Morgan fingerprint density at radius 3 is 0.938 bits per heavy atom. The fraction of sp³-hybridized carbons (Fsp3) is 0.933. The summed E-state index contributed by atoms with van der Waals surface area (Å²) in [6.45, 7) is 21.2. The maximum atomic E-state index is 12.8. The molecule has 0 aromatic rings. The number of Topliss-reactive ketones (excluding diaryl/α,β-unsaturated/α-hetero) is 1. The van der Waals surface area contributed by atoms with Gasteiger partial charge in [0.2, 0.25) is 0 Å². The zero-order chi connectivity index (χ0) is 13.6. The van der Waals surface area contributed by atoms with Crippen LogP contribution in [-0.2, 0) is 4.79 Å². The standard InChI is InChI=1S/C15H30O/c1-12(2,3)11(16)15(10,13(4,5)6)14(7,8)9/h1-10H3. The molecule has 0 aromatic carbocycles. The lowest BCUT2D eigenvalue weighted by Crippen LogP contribution is -2.53. The van der Waals surface area contributed by atoms with Crippen LogP contribution >= 0.6 is 0 Å². The minimum absolute atomic E-state index is 0.0321. The van der Waals surface area contributed by atoms with E-state index in [1.165, 1.54) is 0 Å². The minimum atomic E-state index is -0.321. The molecule has 0 rings (SSSR count). The fourth-order valence-corrected chi connectivity index (χ4v) is 2.56. The summed E-state index contributed by atoms with van der Waals surface area (Å²) in [5.41, 5.74) is -0.668. The van der Waals surface area contributed by atoms with Gasteiger partial charge in [-0.25, -0.2) is 0 Å². The third-order valence-corrected chi connectivity index (χ3v) is 4.14. The minimum Gasteiger partial charge on any atom is -0.298 e. The Bertz CT molecular complexity index is 251. The molecule has 0 aliphatic rings. The Morgan fingerprint density at radius 1 is 0.625 bits per heavy atom. The number of carbonyl (C=O) groups is 1. The average Bonchev–Trinajstić information content (AvgIpc) is 1.95. The first-order valence-electron chi connectivity index (χ1n) is 6.20. The lowest BCUT2D eigenvalue weighted by molar-refractivity contribution is -0.152. The summed E-state index contributed by atoms with van der Waals surface area (Å²) >= 11 is 0. The number of hydrogen-bond acceptors (Lipinski definition) is 1. The first kappa shape index (κ1) is 15.7. The van der Waals surface area contributed by atoms with Crippen LogP contribution in [0.15, 0.2) is 0 Å². The van der Waals surface area contributed by atoms with Crippen LogP contribution in [0.25, 0.3) is 0 Å². The van der Waals surface area contributed by atoms with Crippen LogP contribution in [-0.4, -0.2) is 5.78 Å². The normalized spacial score (nSPS) is 15.1. The van der Waals surface area contributed by atoms with Crippen LogP contribution in [0, 0.1) is 21.7 Å². The van der Waals surface area contributed by atoms with Gasteiger partial charge in [0.05, 0.1) is 0 Å². The Kier molecular flexibility index (Phi) is 3.77. The van der Waals surface area contributed by atoms with Crippen LogP contribution in [0.5, 0.6) is 0 Å². The molecule has 0 radical (unpaired) electrons. The molecule has 0 bridgehead atoms. The van der Waals surface area contributed by atoms with Crippen LogP contribution in [0.1, 0.15) is 69.2 Å². The van der Waals surface area contributed by atoms with Crippen LogP contribution in [0.4, 0.5) is 0 Å². The largest absolute Gasteiger partial charge is 0.298 e. The second-order valence-corrected chi connectivity index (χ2v) is 8.20. The highest BCUT2D eigenvalue weighted by Gasteiger charge is 2.54. The third kappa shape index (κ3) is 2.49. The predicted molar refractivity (Wildman–Crippen MR) is 71.5 cm³/mol. The number of rotatable bonds is 1. The van der Waals surface area contributed by atoms with Crippen molar-refractivity contribution in [3.8, 4) is 0 Å². The number of carbonyl (C=O) groups excluding carboxylic acids is 1. The molecular formula is C15H30O. The summed E-state index contributed by atoms with van der Waals surface area (Å²) in [5.74, 6) is 0.361. The van der Waals surface area contributed by atoms with Gasteiger partial charge in [0, 0.05) is 10.8 Å². The quantitative estimate of drug-likeness (QED) is 0.633. The molecule has 1 nitrogen and oxygen atoms in total. The Morgan fingerprint density at radius 2 is 0.875 bits per heavy atom. The number of hydrogen-bond donors (Lipinski definition) is 0. The van der Waals surface area contributed by atoms with E-state index in [-0.39, 0.29) is 21.7 Å². The van der Waals surface area contributed by atoms with Crippen LogP contribution in [0.3, 0.4) is 0 Å². The topological polar surface area (TPSA) is 17.1 Å². The van der Waals surface area contributed by atoms with Crippen LogP contribution in [0.2, 0.25) is 0 Å². The lowest BCUT2D eigenvalue weighted by atomic mass is 9.50. The summed E-state index contributed by atoms with van der Waals surface area (Å²) < 4.78 is 0. The molecule has 0 heterocycles. The molecule has 0 aliphatic heterocycles. The molecule has 0 unspecified atom stereocenters. The summed E-state index contributed by atoms with van der Waals surface area (Å²) in [6.07, 6.45) is 0. The van der Waals surface area contributed by atoms with Gasteiger partial charge >= 0.3 is 0 Å². The van der Waals surface area contributed by atoms with E-state index in [4.69, 9.17) is 0 Å². The number of ketones is 1. The zero-order valence-electron chi connectivity index (χ0n) is 12.9. The fourth-order valence-electron chi connectivity index (χ4n) is 2.56. The molecule has 96 valence electrons. The van der Waals surface area contributed by atoms with E-state index in [0.717, 1.165) is 0 Å². The SMILES string of the molecule is CC(C)(C)C(=O)C(C)(C(C)(C)C)C(C)(C)C. The van der Waals surface area contributed by atoms with E-state index in [1.54, 1.807) is 0 Å². The van der Waals surface area contributed by atoms with Crippen molar-refractivity contribution in [2.75, 3.05) is 0 Å². The van der Waals surface area contributed by atoms with E-state index in [9.17, 15) is 4.79 Å². The second kappa shape index (κ2) is 3.85. The summed E-state index contributed by atoms with van der Waals surface area (Å²) in [5, 5.41) is 0. The van der Waals surface area contributed by atoms with Crippen molar-refractivity contribution in [1.82, 2.24) is 0 Å². The average molecular weight is 226 g/mol. The van der Waals surface area contributed by atoms with Crippen molar-refractivity contribution in [2.24, 2.45) is 21.7 Å². The molecule has 16 heavy (non-hydrogen) atoms. The van der Waals surface area contributed by atoms with E-state index in [2.05, 4.69) is 48.5 Å². The summed E-state index contributed by atoms with van der Waals surface area (Å²) in [4.78, 5) is 12.8. The van der Waals surface area contributed by atoms with Crippen LogP contribution < -0.4 is 0 Å². The molecule has 0 fully saturated rings. The lowest BCUT2D eigenvalue weighted by Gasteiger charge is -2.52. The molecule has 1 heteroatoms. The van der Waals surface area contributed by atoms with Gasteiger partial charge in [-0.2, -0.15) is 0 Å². The molecular weight excluding hydrogens is 196 g/mol. The Labute approximate surface area is 102 Å². The predicted octanol–water partition coefficient (Wildman–Crippen LogP) is 4.70. The van der Waals surface area contributed by atoms with E-state index in [0.29, 0.717) is 5.78 Å². The van der Waals surface area contributed by atoms with Crippen molar-refractivity contribution in [3.05, 3.63) is 0 Å². The van der Waals surface area contributed by atoms with Gasteiger partial charge in [-0.05, 0) is 10.8 Å². The van der Waals surface area contributed by atoms with Gasteiger partial charge in [-0.3, -0.25) is 4.79 Å². The maximum Gasteiger partial charge on any atom is 0.145 e. The van der Waals surface area contributed by atoms with E-state index in [1.807, 2.05) is 20.8 Å². The Balaban J connectivity index is 5.74. The van der Waals surface area contributed by atoms with Gasteiger partial charge in [-0.15, -0.1) is 0 Å². The molecule has 0 amide bonds. The van der Waals surface area contributed by atoms with E-state index < -0.39 is 0 Å². The summed E-state index contributed by atoms with van der Waals surface area (Å²) in [6, 6.07) is 0. The van der Waals surface area contributed by atoms with Crippen molar-refractivity contribution < 1.29 is 4.79 Å². The maximum absolute atomic E-state index is 12.8. The van der Waals surface area contributed by atoms with Gasteiger partial charge in [-0.1, -0.05) is 69.2 Å². The van der Waals surface area contributed by atoms with Crippen molar-refractivity contribution in [3.63, 3.8) is 0 Å². The van der Waals surface area contributed by atoms with Gasteiger partial charge < -0.3 is 0 Å². The molecule has 0 saturated heterocycles. The molecule has 0 spiro atoms. The molecule has 0 aromatic heterocycles. The van der Waals surface area contributed by atoms with Gasteiger partial charge in [0.15, 0.2) is 0 Å². The molecule has 0 atom stereocenters. The highest BCUT2D eigenvalue weighted by molar-refractivity contribution is 5.90. The smallest absolute Gasteiger partial charge is 0.145 e. The first-order valence-corrected chi connectivity index (χ1v) is 6.20. The third-order valence-electron chi connectivity index (χ3n) is 4.14. The van der Waals surface area contributed by atoms with Crippen molar-refractivity contribution in [1.29, 1.82) is 0 Å².